The summed E-state index contributed by atoms with van der Waals surface area (Å²) in [4.78, 5) is 16.5. The van der Waals surface area contributed by atoms with E-state index in [1.807, 2.05) is 27.9 Å². The maximum Gasteiger partial charge on any atom is 0.236 e. The average Bonchev–Trinajstić information content (AvgIpc) is 3.13. The number of hydrogen-bond acceptors (Lipinski definition) is 4. The standard InChI is InChI=1S/C17H23N5O/c23-17(15-18-8-10-22-9-4-7-19-22)21-13-11-20(12-14-21)16-5-2-1-3-6-16/h1-7,9,18H,8,10-15H2. The van der Waals surface area contributed by atoms with Crippen LogP contribution >= 0.6 is 0 Å². The molecule has 1 amide bonds. The molecular weight excluding hydrogens is 290 g/mol. The minimum Gasteiger partial charge on any atom is -0.368 e. The third-order valence-electron chi connectivity index (χ3n) is 4.11. The lowest BCUT2D eigenvalue weighted by molar-refractivity contribution is -0.130. The molecule has 1 N–H and O–H groups in total. The van der Waals surface area contributed by atoms with Crippen LogP contribution in [0, 0.1) is 0 Å². The van der Waals surface area contributed by atoms with Crippen LogP contribution in [-0.2, 0) is 11.3 Å². The largest absolute Gasteiger partial charge is 0.368 e. The number of piperazine rings is 1. The first kappa shape index (κ1) is 15.6. The Kier molecular flexibility index (Phi) is 5.26. The Labute approximate surface area is 136 Å². The molecule has 0 radical (unpaired) electrons. The molecule has 1 fully saturated rings. The lowest BCUT2D eigenvalue weighted by atomic mass is 10.2. The number of rotatable bonds is 6. The molecule has 6 heteroatoms. The number of benzene rings is 1. The predicted octanol–water partition coefficient (Wildman–Crippen LogP) is 0.821. The summed E-state index contributed by atoms with van der Waals surface area (Å²) >= 11 is 0. The van der Waals surface area contributed by atoms with Crippen molar-refractivity contribution < 1.29 is 4.79 Å². The van der Waals surface area contributed by atoms with E-state index < -0.39 is 0 Å². The van der Waals surface area contributed by atoms with Crippen LogP contribution < -0.4 is 10.2 Å². The third-order valence-corrected chi connectivity index (χ3v) is 4.11. The number of nitrogens with one attached hydrogen (secondary N) is 1. The summed E-state index contributed by atoms with van der Waals surface area (Å²) in [6.07, 6.45) is 3.68. The van der Waals surface area contributed by atoms with Crippen LogP contribution in [0.1, 0.15) is 0 Å². The number of amides is 1. The van der Waals surface area contributed by atoms with Crippen molar-refractivity contribution in [3.05, 3.63) is 48.8 Å². The molecule has 1 aliphatic heterocycles. The number of para-hydroxylation sites is 1. The van der Waals surface area contributed by atoms with Gasteiger partial charge in [0.25, 0.3) is 0 Å². The minimum absolute atomic E-state index is 0.179. The number of carbonyl (C=O) groups is 1. The quantitative estimate of drug-likeness (QED) is 0.802. The Morgan fingerprint density at radius 3 is 2.57 bits per heavy atom. The molecule has 0 spiro atoms. The Morgan fingerprint density at radius 1 is 1.09 bits per heavy atom. The summed E-state index contributed by atoms with van der Waals surface area (Å²) in [6.45, 7) is 5.28. The lowest BCUT2D eigenvalue weighted by Crippen LogP contribution is -2.51. The van der Waals surface area contributed by atoms with Crippen molar-refractivity contribution >= 4 is 11.6 Å². The second-order valence-electron chi connectivity index (χ2n) is 5.65. The van der Waals surface area contributed by atoms with Crippen LogP contribution in [0.2, 0.25) is 0 Å². The second-order valence-corrected chi connectivity index (χ2v) is 5.65. The van der Waals surface area contributed by atoms with Crippen molar-refractivity contribution in [1.82, 2.24) is 20.0 Å². The Bertz CT molecular complexity index is 591. The van der Waals surface area contributed by atoms with Gasteiger partial charge in [-0.05, 0) is 18.2 Å². The number of nitrogens with zero attached hydrogens (tertiary/aromatic N) is 4. The van der Waals surface area contributed by atoms with Gasteiger partial charge in [0, 0.05) is 50.8 Å². The van der Waals surface area contributed by atoms with Crippen LogP contribution in [0.4, 0.5) is 5.69 Å². The van der Waals surface area contributed by atoms with Crippen LogP contribution in [-0.4, -0.2) is 59.9 Å². The molecule has 2 heterocycles. The van der Waals surface area contributed by atoms with Crippen molar-refractivity contribution in [1.29, 1.82) is 0 Å². The third kappa shape index (κ3) is 4.32. The molecule has 1 aliphatic rings. The molecule has 1 aromatic carbocycles. The van der Waals surface area contributed by atoms with Crippen LogP contribution in [0.15, 0.2) is 48.8 Å². The molecule has 6 nitrogen and oxygen atoms in total. The zero-order valence-corrected chi connectivity index (χ0v) is 13.3. The highest BCUT2D eigenvalue weighted by atomic mass is 16.2. The molecule has 0 bridgehead atoms. The van der Waals surface area contributed by atoms with Gasteiger partial charge in [-0.25, -0.2) is 0 Å². The topological polar surface area (TPSA) is 53.4 Å². The van der Waals surface area contributed by atoms with E-state index in [9.17, 15) is 4.79 Å². The van der Waals surface area contributed by atoms with Gasteiger partial charge in [0.15, 0.2) is 0 Å². The van der Waals surface area contributed by atoms with E-state index in [2.05, 4.69) is 39.6 Å². The molecule has 2 aromatic rings. The zero-order chi connectivity index (χ0) is 15.9. The van der Waals surface area contributed by atoms with Crippen molar-refractivity contribution in [2.75, 3.05) is 44.2 Å². The van der Waals surface area contributed by atoms with Gasteiger partial charge < -0.3 is 15.1 Å². The van der Waals surface area contributed by atoms with Crippen molar-refractivity contribution in [2.45, 2.75) is 6.54 Å². The fourth-order valence-corrected chi connectivity index (χ4v) is 2.79. The summed E-state index contributed by atoms with van der Waals surface area (Å²) in [5.74, 6) is 0.179. The molecule has 0 unspecified atom stereocenters. The minimum atomic E-state index is 0.179. The number of carbonyl (C=O) groups excluding carboxylic acids is 1. The molecule has 23 heavy (non-hydrogen) atoms. The summed E-state index contributed by atoms with van der Waals surface area (Å²) in [6, 6.07) is 12.3. The van der Waals surface area contributed by atoms with Crippen LogP contribution in [0.25, 0.3) is 0 Å². The number of hydrogen-bond donors (Lipinski definition) is 1. The van der Waals surface area contributed by atoms with Gasteiger partial charge in [0.1, 0.15) is 0 Å². The Balaban J connectivity index is 1.36. The van der Waals surface area contributed by atoms with E-state index in [0.717, 1.165) is 39.3 Å². The Morgan fingerprint density at radius 2 is 1.87 bits per heavy atom. The zero-order valence-electron chi connectivity index (χ0n) is 13.3. The highest BCUT2D eigenvalue weighted by Crippen LogP contribution is 2.15. The molecule has 3 rings (SSSR count). The smallest absolute Gasteiger partial charge is 0.236 e. The second kappa shape index (κ2) is 7.78. The van der Waals surface area contributed by atoms with Gasteiger partial charge in [-0.15, -0.1) is 0 Å². The van der Waals surface area contributed by atoms with E-state index in [1.165, 1.54) is 5.69 Å². The van der Waals surface area contributed by atoms with Gasteiger partial charge >= 0.3 is 0 Å². The number of anilines is 1. The van der Waals surface area contributed by atoms with Crippen LogP contribution in [0.5, 0.6) is 0 Å². The van der Waals surface area contributed by atoms with Gasteiger partial charge in [-0.2, -0.15) is 5.10 Å². The fraction of sp³-hybridized carbons (Fsp3) is 0.412. The maximum atomic E-state index is 12.2. The predicted molar refractivity (Wildman–Crippen MR) is 90.3 cm³/mol. The lowest BCUT2D eigenvalue weighted by Gasteiger charge is -2.36. The SMILES string of the molecule is O=C(CNCCn1cccn1)N1CCN(c2ccccc2)CC1. The monoisotopic (exact) mass is 313 g/mol. The van der Waals surface area contributed by atoms with Gasteiger partial charge in [0.05, 0.1) is 13.1 Å². The van der Waals surface area contributed by atoms with E-state index in [4.69, 9.17) is 0 Å². The molecule has 1 aromatic heterocycles. The first-order chi connectivity index (χ1) is 11.3. The molecule has 0 saturated carbocycles. The van der Waals surface area contributed by atoms with Crippen molar-refractivity contribution in [2.24, 2.45) is 0 Å². The first-order valence-corrected chi connectivity index (χ1v) is 8.09. The highest BCUT2D eigenvalue weighted by molar-refractivity contribution is 5.78. The van der Waals surface area contributed by atoms with Gasteiger partial charge in [-0.1, -0.05) is 18.2 Å². The summed E-state index contributed by atoms with van der Waals surface area (Å²) < 4.78 is 1.86. The normalized spacial score (nSPS) is 15.0. The molecular formula is C17H23N5O. The Hall–Kier alpha value is -2.34. The number of aromatic nitrogens is 2. The molecule has 0 aliphatic carbocycles. The van der Waals surface area contributed by atoms with E-state index in [1.54, 1.807) is 6.20 Å². The van der Waals surface area contributed by atoms with Crippen molar-refractivity contribution in [3.8, 4) is 0 Å². The van der Waals surface area contributed by atoms with E-state index >= 15 is 0 Å². The van der Waals surface area contributed by atoms with Gasteiger partial charge in [-0.3, -0.25) is 9.48 Å². The van der Waals surface area contributed by atoms with Crippen molar-refractivity contribution in [3.63, 3.8) is 0 Å². The fourth-order valence-electron chi connectivity index (χ4n) is 2.79. The maximum absolute atomic E-state index is 12.2. The molecule has 122 valence electrons. The van der Waals surface area contributed by atoms with Gasteiger partial charge in [0.2, 0.25) is 5.91 Å². The first-order valence-electron chi connectivity index (χ1n) is 8.09. The molecule has 0 atom stereocenters. The summed E-state index contributed by atoms with van der Waals surface area (Å²) in [5.41, 5.74) is 1.23. The summed E-state index contributed by atoms with van der Waals surface area (Å²) in [5, 5.41) is 7.33. The summed E-state index contributed by atoms with van der Waals surface area (Å²) in [7, 11) is 0. The average molecular weight is 313 g/mol. The highest BCUT2D eigenvalue weighted by Gasteiger charge is 2.20. The van der Waals surface area contributed by atoms with Crippen LogP contribution in [0.3, 0.4) is 0 Å². The molecule has 1 saturated heterocycles. The van der Waals surface area contributed by atoms with E-state index in [0.29, 0.717) is 6.54 Å². The van der Waals surface area contributed by atoms with E-state index in [-0.39, 0.29) is 5.91 Å².